The van der Waals surface area contributed by atoms with Gasteiger partial charge in [0.1, 0.15) is 17.2 Å². The minimum Gasteiger partial charge on any atom is -0.456 e. The van der Waals surface area contributed by atoms with Crippen LogP contribution in [0.4, 0.5) is 0 Å². The number of hydrogen-bond donors (Lipinski definition) is 0. The fourth-order valence-electron chi connectivity index (χ4n) is 6.68. The number of furan rings is 1. The van der Waals surface area contributed by atoms with Gasteiger partial charge in [-0.3, -0.25) is 0 Å². The van der Waals surface area contributed by atoms with Crippen LogP contribution in [0.2, 0.25) is 0 Å². The maximum atomic E-state index is 10.1. The van der Waals surface area contributed by atoms with Gasteiger partial charge in [-0.05, 0) is 54.6 Å². The fraction of sp³-hybridized carbons (Fsp3) is 0. The van der Waals surface area contributed by atoms with E-state index >= 15 is 0 Å². The van der Waals surface area contributed by atoms with E-state index in [1.54, 1.807) is 0 Å². The van der Waals surface area contributed by atoms with Gasteiger partial charge in [-0.15, -0.1) is 0 Å². The molecule has 0 saturated carbocycles. The van der Waals surface area contributed by atoms with Crippen LogP contribution < -0.4 is 0 Å². The Hall–Kier alpha value is -5.79. The van der Waals surface area contributed by atoms with Crippen molar-refractivity contribution in [3.8, 4) is 17.4 Å². The predicted octanol–water partition coefficient (Wildman–Crippen LogP) is 9.65. The molecule has 0 atom stereocenters. The lowest BCUT2D eigenvalue weighted by Crippen LogP contribution is -1.97. The molecule has 0 spiro atoms. The van der Waals surface area contributed by atoms with Gasteiger partial charge in [0.2, 0.25) is 0 Å². The van der Waals surface area contributed by atoms with Gasteiger partial charge in [0.25, 0.3) is 0 Å². The normalized spacial score (nSPS) is 11.9. The van der Waals surface area contributed by atoms with Crippen LogP contribution in [0.3, 0.4) is 0 Å². The molecule has 3 heterocycles. The summed E-state index contributed by atoms with van der Waals surface area (Å²) in [7, 11) is 0. The lowest BCUT2D eigenvalue weighted by Gasteiger charge is -2.11. The van der Waals surface area contributed by atoms with E-state index in [2.05, 4.69) is 118 Å². The maximum absolute atomic E-state index is 10.1. The summed E-state index contributed by atoms with van der Waals surface area (Å²) < 4.78 is 11.0. The molecule has 4 heteroatoms. The fourth-order valence-corrected chi connectivity index (χ4v) is 6.68. The molecule has 0 amide bonds. The molecule has 0 bridgehead atoms. The Morgan fingerprint density at radius 2 is 1.12 bits per heavy atom. The summed E-state index contributed by atoms with van der Waals surface area (Å²) in [5.74, 6) is 0. The van der Waals surface area contributed by atoms with Gasteiger partial charge in [-0.25, -0.2) is 0 Å². The van der Waals surface area contributed by atoms with Crippen molar-refractivity contribution < 1.29 is 4.42 Å². The molecule has 9 aromatic rings. The van der Waals surface area contributed by atoms with Gasteiger partial charge in [0.15, 0.2) is 0 Å². The zero-order valence-electron chi connectivity index (χ0n) is 21.9. The van der Waals surface area contributed by atoms with Crippen LogP contribution >= 0.6 is 0 Å². The minimum absolute atomic E-state index is 0.648. The highest BCUT2D eigenvalue weighted by Gasteiger charge is 2.20. The second-order valence-electron chi connectivity index (χ2n) is 10.5. The zero-order valence-corrected chi connectivity index (χ0v) is 21.9. The van der Waals surface area contributed by atoms with Crippen LogP contribution in [0.5, 0.6) is 0 Å². The van der Waals surface area contributed by atoms with Crippen molar-refractivity contribution >= 4 is 65.6 Å². The largest absolute Gasteiger partial charge is 0.456 e. The first-order chi connectivity index (χ1) is 20.3. The molecule has 4 nitrogen and oxygen atoms in total. The van der Waals surface area contributed by atoms with E-state index in [0.29, 0.717) is 5.56 Å². The van der Waals surface area contributed by atoms with E-state index in [0.717, 1.165) is 55.1 Å². The van der Waals surface area contributed by atoms with E-state index in [4.69, 9.17) is 4.42 Å². The molecule has 190 valence electrons. The first-order valence-corrected chi connectivity index (χ1v) is 13.7. The van der Waals surface area contributed by atoms with Crippen molar-refractivity contribution in [2.75, 3.05) is 0 Å². The summed E-state index contributed by atoms with van der Waals surface area (Å²) in [5.41, 5.74) is 8.68. The van der Waals surface area contributed by atoms with Gasteiger partial charge >= 0.3 is 0 Å². The Balaban J connectivity index is 1.41. The van der Waals surface area contributed by atoms with E-state index in [9.17, 15) is 5.26 Å². The highest BCUT2D eigenvalue weighted by atomic mass is 16.3. The molecule has 3 aromatic heterocycles. The topological polar surface area (TPSA) is 46.8 Å². The number of para-hydroxylation sites is 4. The lowest BCUT2D eigenvalue weighted by molar-refractivity contribution is 0.669. The number of benzene rings is 6. The van der Waals surface area contributed by atoms with Crippen molar-refractivity contribution in [1.29, 1.82) is 5.26 Å². The molecule has 0 fully saturated rings. The third kappa shape index (κ3) is 2.92. The van der Waals surface area contributed by atoms with Crippen LogP contribution in [0, 0.1) is 11.3 Å². The summed E-state index contributed by atoms with van der Waals surface area (Å²) in [4.78, 5) is 0. The van der Waals surface area contributed by atoms with Crippen molar-refractivity contribution in [3.05, 3.63) is 133 Å². The highest BCUT2D eigenvalue weighted by molar-refractivity contribution is 6.16. The average molecular weight is 524 g/mol. The average Bonchev–Trinajstić information content (AvgIpc) is 3.68. The van der Waals surface area contributed by atoms with E-state index < -0.39 is 0 Å². The van der Waals surface area contributed by atoms with Gasteiger partial charge in [-0.2, -0.15) is 5.26 Å². The molecule has 0 aliphatic rings. The molecule has 6 aromatic carbocycles. The minimum atomic E-state index is 0.648. The van der Waals surface area contributed by atoms with E-state index in [1.807, 2.05) is 24.3 Å². The Morgan fingerprint density at radius 1 is 0.512 bits per heavy atom. The zero-order chi connectivity index (χ0) is 27.1. The number of nitrogens with zero attached hydrogens (tertiary/aromatic N) is 3. The van der Waals surface area contributed by atoms with E-state index in [-0.39, 0.29) is 0 Å². The number of fused-ring (bicyclic) bond motifs is 9. The lowest BCUT2D eigenvalue weighted by atomic mass is 10.1. The molecule has 0 unspecified atom stereocenters. The first kappa shape index (κ1) is 22.1. The Bertz CT molecular complexity index is 2500. The second-order valence-corrected chi connectivity index (χ2v) is 10.5. The number of hydrogen-bond acceptors (Lipinski definition) is 2. The summed E-state index contributed by atoms with van der Waals surface area (Å²) in [6, 6.07) is 46.5. The van der Waals surface area contributed by atoms with Crippen LogP contribution in [-0.2, 0) is 0 Å². The smallest absolute Gasteiger partial charge is 0.137 e. The Labute approximate surface area is 234 Å². The van der Waals surface area contributed by atoms with E-state index in [1.165, 1.54) is 21.8 Å². The SMILES string of the molecule is N#Cc1cccc2c3ccccc3n(-c3cccc4oc5ccc(-n6c7ccccc7c7ccccc76)cc5c34)c12. The van der Waals surface area contributed by atoms with Gasteiger partial charge in [0, 0.05) is 32.6 Å². The molecule has 9 rings (SSSR count). The summed E-state index contributed by atoms with van der Waals surface area (Å²) in [6.45, 7) is 0. The van der Waals surface area contributed by atoms with Gasteiger partial charge in [-0.1, -0.05) is 72.8 Å². The molecular weight excluding hydrogens is 502 g/mol. The third-order valence-electron chi connectivity index (χ3n) is 8.35. The summed E-state index contributed by atoms with van der Waals surface area (Å²) in [6.07, 6.45) is 0. The molecule has 0 aliphatic carbocycles. The second kappa shape index (κ2) is 8.11. The number of aromatic nitrogens is 2. The first-order valence-electron chi connectivity index (χ1n) is 13.7. The summed E-state index contributed by atoms with van der Waals surface area (Å²) >= 11 is 0. The predicted molar refractivity (Wildman–Crippen MR) is 167 cm³/mol. The standard InChI is InChI=1S/C37H21N3O/c38-22-23-9-7-13-28-27-12-3-6-16-32(27)40(37(23)28)33-17-8-18-35-36(33)29-21-24(19-20-34(29)41-35)39-30-14-4-1-10-25(30)26-11-2-5-15-31(26)39/h1-21H. The van der Waals surface area contributed by atoms with Crippen molar-refractivity contribution in [2.45, 2.75) is 0 Å². The molecular formula is C37H21N3O. The maximum Gasteiger partial charge on any atom is 0.137 e. The van der Waals surface area contributed by atoms with Crippen molar-refractivity contribution in [2.24, 2.45) is 0 Å². The third-order valence-corrected chi connectivity index (χ3v) is 8.35. The van der Waals surface area contributed by atoms with Crippen molar-refractivity contribution in [1.82, 2.24) is 9.13 Å². The number of nitriles is 1. The van der Waals surface area contributed by atoms with Crippen LogP contribution in [0.25, 0.3) is 76.9 Å². The molecule has 0 N–H and O–H groups in total. The number of rotatable bonds is 2. The van der Waals surface area contributed by atoms with Gasteiger partial charge < -0.3 is 13.6 Å². The highest BCUT2D eigenvalue weighted by Crippen LogP contribution is 2.41. The summed E-state index contributed by atoms with van der Waals surface area (Å²) in [5, 5.41) is 16.8. The van der Waals surface area contributed by atoms with Gasteiger partial charge in [0.05, 0.1) is 38.7 Å². The molecule has 0 saturated heterocycles. The Kier molecular flexibility index (Phi) is 4.37. The monoisotopic (exact) mass is 523 g/mol. The molecule has 41 heavy (non-hydrogen) atoms. The molecule has 0 aliphatic heterocycles. The Morgan fingerprint density at radius 3 is 1.83 bits per heavy atom. The van der Waals surface area contributed by atoms with Crippen molar-refractivity contribution in [3.63, 3.8) is 0 Å². The van der Waals surface area contributed by atoms with Crippen LogP contribution in [0.1, 0.15) is 5.56 Å². The van der Waals surface area contributed by atoms with Crippen LogP contribution in [0.15, 0.2) is 132 Å². The molecule has 0 radical (unpaired) electrons. The van der Waals surface area contributed by atoms with Crippen LogP contribution in [-0.4, -0.2) is 9.13 Å². The quantitative estimate of drug-likeness (QED) is 0.226.